The first kappa shape index (κ1) is 60.9. The Bertz CT molecular complexity index is 1170. The lowest BCUT2D eigenvalue weighted by molar-refractivity contribution is -0.174. The summed E-state index contributed by atoms with van der Waals surface area (Å²) in [6.45, 7) is 6.71. The normalized spacial score (nSPS) is 14.1. The van der Waals surface area contributed by atoms with Gasteiger partial charge in [0, 0.05) is 19.3 Å². The van der Waals surface area contributed by atoms with Crippen LogP contribution in [0.1, 0.15) is 278 Å². The van der Waals surface area contributed by atoms with Crippen molar-refractivity contribution in [3.8, 4) is 0 Å². The summed E-state index contributed by atoms with van der Waals surface area (Å²) in [5, 5.41) is 33.9. The third-order valence-corrected chi connectivity index (χ3v) is 12.6. The molecule has 0 bridgehead atoms. The molecule has 0 aromatic rings. The van der Waals surface area contributed by atoms with Crippen molar-refractivity contribution in [2.75, 3.05) is 0 Å². The second-order valence-electron chi connectivity index (χ2n) is 18.6. The molecule has 6 nitrogen and oxygen atoms in total. The van der Waals surface area contributed by atoms with E-state index >= 15 is 0 Å². The number of carbonyl (C=O) groups excluding carboxylic acids is 3. The molecule has 0 saturated heterocycles. The van der Waals surface area contributed by atoms with Crippen molar-refractivity contribution in [3.63, 3.8) is 0 Å². The Hall–Kier alpha value is -2.15. The Balaban J connectivity index is 4.85. The molecular weight excluding hydrogens is 781 g/mol. The minimum atomic E-state index is -2.78. The SMILES string of the molecule is CCCCC/C=C\C/C=C\CCCCCCCC(=O)C(O)(C(=O)CCCCCCC/C=C\CCCCCCCC)C(O)C(O)C(=O)CCCCCCC/C=C\CCCCCCCC. The van der Waals surface area contributed by atoms with E-state index in [1.807, 2.05) is 0 Å². The van der Waals surface area contributed by atoms with Gasteiger partial charge < -0.3 is 15.3 Å². The molecule has 0 aliphatic carbocycles. The van der Waals surface area contributed by atoms with Crippen LogP contribution in [-0.2, 0) is 14.4 Å². The van der Waals surface area contributed by atoms with Crippen LogP contribution in [0.5, 0.6) is 0 Å². The van der Waals surface area contributed by atoms with Crippen LogP contribution < -0.4 is 0 Å². The largest absolute Gasteiger partial charge is 0.386 e. The summed E-state index contributed by atoms with van der Waals surface area (Å²) in [6.07, 6.45) is 54.1. The average molecular weight is 883 g/mol. The van der Waals surface area contributed by atoms with Crippen molar-refractivity contribution in [2.45, 2.75) is 295 Å². The monoisotopic (exact) mass is 883 g/mol. The molecule has 0 fully saturated rings. The van der Waals surface area contributed by atoms with Gasteiger partial charge in [-0.05, 0) is 103 Å². The van der Waals surface area contributed by atoms with Crippen LogP contribution >= 0.6 is 0 Å². The molecule has 366 valence electrons. The minimum Gasteiger partial charge on any atom is -0.386 e. The molecule has 6 heteroatoms. The van der Waals surface area contributed by atoms with Crippen LogP contribution in [0, 0.1) is 0 Å². The van der Waals surface area contributed by atoms with Crippen LogP contribution in [0.25, 0.3) is 0 Å². The molecule has 0 radical (unpaired) electrons. The summed E-state index contributed by atoms with van der Waals surface area (Å²) in [5.74, 6) is -2.20. The maximum absolute atomic E-state index is 13.6. The van der Waals surface area contributed by atoms with E-state index in [0.29, 0.717) is 19.3 Å². The molecule has 0 aliphatic rings. The van der Waals surface area contributed by atoms with Gasteiger partial charge in [0.05, 0.1) is 0 Å². The lowest BCUT2D eigenvalue weighted by atomic mass is 9.79. The Morgan fingerprint density at radius 3 is 0.968 bits per heavy atom. The van der Waals surface area contributed by atoms with Crippen molar-refractivity contribution < 1.29 is 29.7 Å². The van der Waals surface area contributed by atoms with Gasteiger partial charge in [-0.2, -0.15) is 0 Å². The van der Waals surface area contributed by atoms with Gasteiger partial charge in [0.15, 0.2) is 17.3 Å². The van der Waals surface area contributed by atoms with Crippen LogP contribution in [0.3, 0.4) is 0 Å². The molecule has 3 N–H and O–H groups in total. The highest BCUT2D eigenvalue weighted by Crippen LogP contribution is 2.25. The number of hydrogen-bond acceptors (Lipinski definition) is 6. The summed E-state index contributed by atoms with van der Waals surface area (Å²) < 4.78 is 0. The summed E-state index contributed by atoms with van der Waals surface area (Å²) in [4.78, 5) is 40.3. The molecule has 3 unspecified atom stereocenters. The van der Waals surface area contributed by atoms with E-state index in [1.54, 1.807) is 0 Å². The number of Topliss-reactive ketones (excluding diaryl/α,β-unsaturated/α-hetero) is 3. The molecule has 0 amide bonds. The summed E-state index contributed by atoms with van der Waals surface area (Å²) in [7, 11) is 0. The fraction of sp³-hybridized carbons (Fsp3) is 0.807. The average Bonchev–Trinajstić information content (AvgIpc) is 3.29. The third kappa shape index (κ3) is 35.8. The smallest absolute Gasteiger partial charge is 0.210 e. The molecule has 0 saturated carbocycles. The molecule has 3 atom stereocenters. The van der Waals surface area contributed by atoms with Gasteiger partial charge in [0.25, 0.3) is 0 Å². The molecule has 0 aromatic heterocycles. The van der Waals surface area contributed by atoms with Gasteiger partial charge in [-0.15, -0.1) is 0 Å². The van der Waals surface area contributed by atoms with Gasteiger partial charge in [0.2, 0.25) is 5.60 Å². The van der Waals surface area contributed by atoms with E-state index in [1.165, 1.54) is 96.3 Å². The number of aliphatic hydroxyl groups excluding tert-OH is 2. The number of allylic oxidation sites excluding steroid dienone is 8. The van der Waals surface area contributed by atoms with Crippen molar-refractivity contribution in [2.24, 2.45) is 0 Å². The van der Waals surface area contributed by atoms with E-state index in [4.69, 9.17) is 0 Å². The Morgan fingerprint density at radius 2 is 0.619 bits per heavy atom. The highest BCUT2D eigenvalue weighted by Gasteiger charge is 2.52. The van der Waals surface area contributed by atoms with Crippen LogP contribution in [-0.4, -0.2) is 50.5 Å². The molecule has 0 aromatic carbocycles. The third-order valence-electron chi connectivity index (χ3n) is 12.6. The van der Waals surface area contributed by atoms with E-state index in [9.17, 15) is 29.7 Å². The fourth-order valence-electron chi connectivity index (χ4n) is 8.24. The standard InChI is InChI=1S/C57H102O6/c1-4-7-10-13-16-19-22-25-28-31-34-37-40-43-46-49-52(58)55(61)56(62)57(63,53(59)50-47-44-41-38-35-32-29-26-23-20-17-14-11-8-5-2)54(60)51-48-45-42-39-36-33-30-27-24-21-18-15-12-9-6-3/h17,20,25-30,55-56,61-63H,4-16,18-19,21-24,31-51H2,1-3H3/b20-17-,28-25-,29-26-,30-27-. The molecule has 0 spiro atoms. The fourth-order valence-corrected chi connectivity index (χ4v) is 8.24. The lowest BCUT2D eigenvalue weighted by Gasteiger charge is -2.32. The first-order chi connectivity index (χ1) is 30.8. The highest BCUT2D eigenvalue weighted by molar-refractivity contribution is 6.11. The number of unbranched alkanes of at least 4 members (excludes halogenated alkanes) is 30. The number of aliphatic hydroxyl groups is 3. The van der Waals surface area contributed by atoms with E-state index in [0.717, 1.165) is 122 Å². The first-order valence-corrected chi connectivity index (χ1v) is 27.0. The zero-order valence-corrected chi connectivity index (χ0v) is 41.6. The summed E-state index contributed by atoms with van der Waals surface area (Å²) >= 11 is 0. The van der Waals surface area contributed by atoms with Crippen molar-refractivity contribution in [1.82, 2.24) is 0 Å². The lowest BCUT2D eigenvalue weighted by Crippen LogP contribution is -2.61. The molecular formula is C57H102O6. The molecule has 0 heterocycles. The quantitative estimate of drug-likeness (QED) is 0.0319. The topological polar surface area (TPSA) is 112 Å². The van der Waals surface area contributed by atoms with Gasteiger partial charge in [0.1, 0.15) is 12.2 Å². The first-order valence-electron chi connectivity index (χ1n) is 27.0. The van der Waals surface area contributed by atoms with Crippen molar-refractivity contribution >= 4 is 17.3 Å². The number of ketones is 3. The Labute approximate surface area is 389 Å². The molecule has 0 rings (SSSR count). The second kappa shape index (κ2) is 46.4. The number of hydrogen-bond donors (Lipinski definition) is 3. The van der Waals surface area contributed by atoms with Gasteiger partial charge in [-0.1, -0.05) is 204 Å². The zero-order chi connectivity index (χ0) is 46.3. The predicted molar refractivity (Wildman–Crippen MR) is 270 cm³/mol. The minimum absolute atomic E-state index is 0.0357. The highest BCUT2D eigenvalue weighted by atomic mass is 16.4. The number of carbonyl (C=O) groups is 3. The van der Waals surface area contributed by atoms with Crippen LogP contribution in [0.2, 0.25) is 0 Å². The van der Waals surface area contributed by atoms with Crippen LogP contribution in [0.4, 0.5) is 0 Å². The van der Waals surface area contributed by atoms with E-state index in [2.05, 4.69) is 69.4 Å². The molecule has 63 heavy (non-hydrogen) atoms. The van der Waals surface area contributed by atoms with Crippen LogP contribution in [0.15, 0.2) is 48.6 Å². The number of rotatable bonds is 49. The maximum Gasteiger partial charge on any atom is 0.210 e. The second-order valence-corrected chi connectivity index (χ2v) is 18.6. The predicted octanol–water partition coefficient (Wildman–Crippen LogP) is 16.0. The maximum atomic E-state index is 13.6. The van der Waals surface area contributed by atoms with Gasteiger partial charge in [-0.25, -0.2) is 0 Å². The summed E-state index contributed by atoms with van der Waals surface area (Å²) in [5.41, 5.74) is -2.78. The Morgan fingerprint density at radius 1 is 0.365 bits per heavy atom. The van der Waals surface area contributed by atoms with E-state index in [-0.39, 0.29) is 19.3 Å². The molecule has 0 aliphatic heterocycles. The van der Waals surface area contributed by atoms with Gasteiger partial charge in [-0.3, -0.25) is 14.4 Å². The van der Waals surface area contributed by atoms with Crippen molar-refractivity contribution in [1.29, 1.82) is 0 Å². The Kier molecular flexibility index (Phi) is 44.8. The zero-order valence-electron chi connectivity index (χ0n) is 41.6. The van der Waals surface area contributed by atoms with Crippen molar-refractivity contribution in [3.05, 3.63) is 48.6 Å². The van der Waals surface area contributed by atoms with Gasteiger partial charge >= 0.3 is 0 Å². The van der Waals surface area contributed by atoms with E-state index < -0.39 is 35.2 Å². The summed E-state index contributed by atoms with van der Waals surface area (Å²) in [6, 6.07) is 0.